The van der Waals surface area contributed by atoms with Gasteiger partial charge in [0.05, 0.1) is 16.0 Å². The average molecular weight is 265 g/mol. The van der Waals surface area contributed by atoms with Crippen LogP contribution in [0, 0.1) is 0 Å². The molecular formula is C14H13ClOS. The quantitative estimate of drug-likeness (QED) is 0.863. The van der Waals surface area contributed by atoms with Gasteiger partial charge in [0, 0.05) is 5.92 Å². The van der Waals surface area contributed by atoms with Crippen LogP contribution >= 0.6 is 22.9 Å². The Balaban J connectivity index is 1.95. The Hall–Kier alpha value is -0.830. The molecule has 0 saturated carbocycles. The van der Waals surface area contributed by atoms with Crippen LogP contribution in [0.3, 0.4) is 0 Å². The van der Waals surface area contributed by atoms with Crippen molar-refractivity contribution in [2.24, 2.45) is 0 Å². The van der Waals surface area contributed by atoms with Crippen molar-refractivity contribution in [3.63, 3.8) is 0 Å². The summed E-state index contributed by atoms with van der Waals surface area (Å²) >= 11 is 7.63. The van der Waals surface area contributed by atoms with Crippen molar-refractivity contribution in [2.75, 3.05) is 0 Å². The molecule has 1 aromatic carbocycles. The molecule has 0 spiro atoms. The van der Waals surface area contributed by atoms with Gasteiger partial charge in [-0.25, -0.2) is 0 Å². The second-order valence-electron chi connectivity index (χ2n) is 4.42. The predicted molar refractivity (Wildman–Crippen MR) is 71.8 cm³/mol. The Morgan fingerprint density at radius 3 is 2.88 bits per heavy atom. The van der Waals surface area contributed by atoms with Crippen LogP contribution in [-0.2, 0) is 6.42 Å². The van der Waals surface area contributed by atoms with Crippen molar-refractivity contribution in [3.05, 3.63) is 56.7 Å². The number of aryl methyl sites for hydroxylation is 1. The lowest BCUT2D eigenvalue weighted by atomic mass is 9.94. The van der Waals surface area contributed by atoms with Gasteiger partial charge in [0.25, 0.3) is 0 Å². The van der Waals surface area contributed by atoms with Gasteiger partial charge in [0.1, 0.15) is 0 Å². The predicted octanol–water partition coefficient (Wildman–Crippen LogP) is 4.16. The van der Waals surface area contributed by atoms with E-state index in [2.05, 4.69) is 18.2 Å². The summed E-state index contributed by atoms with van der Waals surface area (Å²) in [7, 11) is 0. The lowest BCUT2D eigenvalue weighted by molar-refractivity contribution is 0.148. The van der Waals surface area contributed by atoms with E-state index in [0.717, 1.165) is 17.7 Å². The normalized spacial score (nSPS) is 20.2. The van der Waals surface area contributed by atoms with E-state index < -0.39 is 6.10 Å². The molecule has 0 amide bonds. The molecule has 3 rings (SSSR count). The van der Waals surface area contributed by atoms with Crippen molar-refractivity contribution in [2.45, 2.75) is 24.9 Å². The van der Waals surface area contributed by atoms with Crippen molar-refractivity contribution in [3.8, 4) is 0 Å². The zero-order valence-corrected chi connectivity index (χ0v) is 10.8. The largest absolute Gasteiger partial charge is 0.387 e. The summed E-state index contributed by atoms with van der Waals surface area (Å²) in [5, 5.41) is 13.1. The number of aliphatic hydroxyl groups excluding tert-OH is 1. The zero-order valence-electron chi connectivity index (χ0n) is 9.27. The second kappa shape index (κ2) is 4.45. The first-order valence-corrected chi connectivity index (χ1v) is 7.02. The van der Waals surface area contributed by atoms with Crippen LogP contribution in [0.1, 0.15) is 34.4 Å². The first-order chi connectivity index (χ1) is 8.27. The fourth-order valence-corrected chi connectivity index (χ4v) is 3.84. The molecule has 88 valence electrons. The van der Waals surface area contributed by atoms with Gasteiger partial charge in [-0.3, -0.25) is 0 Å². The minimum absolute atomic E-state index is 0.197. The molecular weight excluding hydrogens is 252 g/mol. The Kier molecular flexibility index (Phi) is 2.95. The standard InChI is InChI=1S/C14H13ClOS/c15-12-7-8-17-14(12)13(16)11-6-5-9-3-1-2-4-10(9)11/h1-4,7-8,11,13,16H,5-6H2. The van der Waals surface area contributed by atoms with Crippen molar-refractivity contribution >= 4 is 22.9 Å². The highest BCUT2D eigenvalue weighted by atomic mass is 35.5. The highest BCUT2D eigenvalue weighted by Gasteiger charge is 2.30. The summed E-state index contributed by atoms with van der Waals surface area (Å²) in [5.41, 5.74) is 2.65. The average Bonchev–Trinajstić information content (AvgIpc) is 2.94. The van der Waals surface area contributed by atoms with Crippen molar-refractivity contribution in [1.82, 2.24) is 0 Å². The van der Waals surface area contributed by atoms with E-state index in [0.29, 0.717) is 5.02 Å². The summed E-state index contributed by atoms with van der Waals surface area (Å²) in [6, 6.07) is 10.2. The number of aliphatic hydroxyl groups is 1. The van der Waals surface area contributed by atoms with Gasteiger partial charge in [-0.2, -0.15) is 0 Å². The molecule has 0 fully saturated rings. The van der Waals surface area contributed by atoms with Crippen LogP contribution in [0.4, 0.5) is 0 Å². The number of fused-ring (bicyclic) bond motifs is 1. The third-order valence-electron chi connectivity index (χ3n) is 3.47. The van der Waals surface area contributed by atoms with Crippen LogP contribution < -0.4 is 0 Å². The van der Waals surface area contributed by atoms with Crippen LogP contribution in [0.25, 0.3) is 0 Å². The summed E-state index contributed by atoms with van der Waals surface area (Å²) in [5.74, 6) is 0.197. The number of rotatable bonds is 2. The number of benzene rings is 1. The summed E-state index contributed by atoms with van der Waals surface area (Å²) < 4.78 is 0. The molecule has 3 heteroatoms. The van der Waals surface area contributed by atoms with E-state index in [1.165, 1.54) is 22.5 Å². The minimum Gasteiger partial charge on any atom is -0.387 e. The SMILES string of the molecule is OC(c1sccc1Cl)C1CCc2ccccc21. The van der Waals surface area contributed by atoms with Gasteiger partial charge >= 0.3 is 0 Å². The lowest BCUT2D eigenvalue weighted by Gasteiger charge is -2.18. The molecule has 2 atom stereocenters. The van der Waals surface area contributed by atoms with E-state index in [1.807, 2.05) is 17.5 Å². The molecule has 0 saturated heterocycles. The molecule has 0 aliphatic heterocycles. The van der Waals surface area contributed by atoms with Gasteiger partial charge < -0.3 is 5.11 Å². The first kappa shape index (κ1) is 11.3. The minimum atomic E-state index is -0.467. The second-order valence-corrected chi connectivity index (χ2v) is 5.78. The molecule has 1 N–H and O–H groups in total. The van der Waals surface area contributed by atoms with Gasteiger partial charge in [-0.05, 0) is 35.4 Å². The molecule has 17 heavy (non-hydrogen) atoms. The highest BCUT2D eigenvalue weighted by Crippen LogP contribution is 2.44. The highest BCUT2D eigenvalue weighted by molar-refractivity contribution is 7.10. The van der Waals surface area contributed by atoms with Gasteiger partial charge in [0.2, 0.25) is 0 Å². The maximum absolute atomic E-state index is 10.5. The number of hydrogen-bond acceptors (Lipinski definition) is 2. The van der Waals surface area contributed by atoms with E-state index >= 15 is 0 Å². The molecule has 1 aliphatic carbocycles. The molecule has 0 radical (unpaired) electrons. The molecule has 0 bridgehead atoms. The van der Waals surface area contributed by atoms with Crippen LogP contribution in [-0.4, -0.2) is 5.11 Å². The van der Waals surface area contributed by atoms with Gasteiger partial charge in [0.15, 0.2) is 0 Å². The molecule has 1 nitrogen and oxygen atoms in total. The molecule has 1 heterocycles. The van der Waals surface area contributed by atoms with E-state index in [-0.39, 0.29) is 5.92 Å². The van der Waals surface area contributed by atoms with E-state index in [9.17, 15) is 5.11 Å². The Morgan fingerprint density at radius 2 is 2.12 bits per heavy atom. The summed E-state index contributed by atoms with van der Waals surface area (Å²) in [6.45, 7) is 0. The molecule has 2 unspecified atom stereocenters. The summed E-state index contributed by atoms with van der Waals surface area (Å²) in [4.78, 5) is 0.897. The molecule has 1 aliphatic rings. The van der Waals surface area contributed by atoms with Gasteiger partial charge in [-0.15, -0.1) is 11.3 Å². The number of halogens is 1. The Morgan fingerprint density at radius 1 is 1.29 bits per heavy atom. The Labute approximate surface area is 110 Å². The number of hydrogen-bond donors (Lipinski definition) is 1. The smallest absolute Gasteiger partial charge is 0.0965 e. The summed E-state index contributed by atoms with van der Waals surface area (Å²) in [6.07, 6.45) is 1.60. The van der Waals surface area contributed by atoms with Gasteiger partial charge in [-0.1, -0.05) is 35.9 Å². The maximum Gasteiger partial charge on any atom is 0.0965 e. The third-order valence-corrected chi connectivity index (χ3v) is 4.90. The zero-order chi connectivity index (χ0) is 11.8. The van der Waals surface area contributed by atoms with Crippen LogP contribution in [0.2, 0.25) is 5.02 Å². The van der Waals surface area contributed by atoms with Crippen LogP contribution in [0.15, 0.2) is 35.7 Å². The van der Waals surface area contributed by atoms with E-state index in [1.54, 1.807) is 0 Å². The topological polar surface area (TPSA) is 20.2 Å². The third kappa shape index (κ3) is 1.90. The van der Waals surface area contributed by atoms with Crippen molar-refractivity contribution in [1.29, 1.82) is 0 Å². The maximum atomic E-state index is 10.5. The monoisotopic (exact) mass is 264 g/mol. The van der Waals surface area contributed by atoms with Crippen LogP contribution in [0.5, 0.6) is 0 Å². The fourth-order valence-electron chi connectivity index (χ4n) is 2.62. The lowest BCUT2D eigenvalue weighted by Crippen LogP contribution is -2.06. The number of thiophene rings is 1. The van der Waals surface area contributed by atoms with Crippen molar-refractivity contribution < 1.29 is 5.11 Å². The van der Waals surface area contributed by atoms with E-state index in [4.69, 9.17) is 11.6 Å². The Bertz CT molecular complexity index is 535. The first-order valence-electron chi connectivity index (χ1n) is 5.76. The molecule has 1 aromatic heterocycles. The fraction of sp³-hybridized carbons (Fsp3) is 0.286. The molecule has 2 aromatic rings.